The summed E-state index contributed by atoms with van der Waals surface area (Å²) < 4.78 is 0. The second-order valence-electron chi connectivity index (χ2n) is 4.65. The zero-order chi connectivity index (χ0) is 15.4. The molecule has 0 aliphatic heterocycles. The summed E-state index contributed by atoms with van der Waals surface area (Å²) >= 11 is 0. The lowest BCUT2D eigenvalue weighted by molar-refractivity contribution is -0.136. The van der Waals surface area contributed by atoms with E-state index in [1.165, 1.54) is 6.33 Å². The van der Waals surface area contributed by atoms with Gasteiger partial charge in [-0.25, -0.2) is 5.10 Å². The van der Waals surface area contributed by atoms with Gasteiger partial charge in [0.05, 0.1) is 0 Å². The minimum absolute atomic E-state index is 0.136. The maximum absolute atomic E-state index is 11.7. The second kappa shape index (κ2) is 6.08. The summed E-state index contributed by atoms with van der Waals surface area (Å²) in [4.78, 5) is 30.1. The molecule has 112 valence electrons. The number of para-hydroxylation sites is 1. The lowest BCUT2D eigenvalue weighted by Crippen LogP contribution is -2.36. The third-order valence-electron chi connectivity index (χ3n) is 3.21. The van der Waals surface area contributed by atoms with E-state index in [9.17, 15) is 9.59 Å². The van der Waals surface area contributed by atoms with E-state index in [0.717, 1.165) is 16.5 Å². The van der Waals surface area contributed by atoms with Gasteiger partial charge in [-0.15, -0.1) is 0 Å². The predicted molar refractivity (Wildman–Crippen MR) is 80.0 cm³/mol. The van der Waals surface area contributed by atoms with Crippen molar-refractivity contribution in [1.29, 1.82) is 0 Å². The molecule has 0 fully saturated rings. The first-order chi connectivity index (χ1) is 10.7. The summed E-state index contributed by atoms with van der Waals surface area (Å²) in [6.07, 6.45) is 3.78. The molecule has 0 unspecified atom stereocenters. The van der Waals surface area contributed by atoms with E-state index in [2.05, 4.69) is 30.8 Å². The molecule has 0 bridgehead atoms. The van der Waals surface area contributed by atoms with Crippen molar-refractivity contribution in [2.75, 3.05) is 11.9 Å². The number of aromatic amines is 2. The third kappa shape index (κ3) is 2.95. The smallest absolute Gasteiger partial charge is 0.316 e. The molecule has 8 heteroatoms. The Balaban J connectivity index is 1.52. The van der Waals surface area contributed by atoms with Gasteiger partial charge in [-0.3, -0.25) is 14.9 Å². The lowest BCUT2D eigenvalue weighted by Gasteiger charge is -2.04. The Morgan fingerprint density at radius 1 is 1.18 bits per heavy atom. The second-order valence-corrected chi connectivity index (χ2v) is 4.65. The molecule has 0 atom stereocenters. The SMILES string of the molecule is O=C(NCCc1c[nH]c2ccccc12)C(=O)Nc1ncn[nH]1. The Hall–Kier alpha value is -3.16. The van der Waals surface area contributed by atoms with Crippen molar-refractivity contribution in [1.82, 2.24) is 25.5 Å². The van der Waals surface area contributed by atoms with E-state index in [0.29, 0.717) is 13.0 Å². The largest absolute Gasteiger partial charge is 0.361 e. The van der Waals surface area contributed by atoms with E-state index in [-0.39, 0.29) is 5.95 Å². The standard InChI is InChI=1S/C14H14N6O2/c21-12(13(22)19-14-17-8-18-20-14)15-6-5-9-7-16-11-4-2-1-3-10(9)11/h1-4,7-8,16H,5-6H2,(H,15,21)(H2,17,18,19,20,22). The summed E-state index contributed by atoms with van der Waals surface area (Å²) in [5.74, 6) is -1.36. The number of nitrogens with one attached hydrogen (secondary N) is 4. The van der Waals surface area contributed by atoms with Crippen LogP contribution in [0, 0.1) is 0 Å². The average Bonchev–Trinajstić information content (AvgIpc) is 3.17. The zero-order valence-electron chi connectivity index (χ0n) is 11.6. The van der Waals surface area contributed by atoms with Crippen LogP contribution in [-0.4, -0.2) is 38.5 Å². The molecule has 22 heavy (non-hydrogen) atoms. The van der Waals surface area contributed by atoms with Crippen molar-refractivity contribution in [3.63, 3.8) is 0 Å². The summed E-state index contributed by atoms with van der Waals surface area (Å²) in [5, 5.41) is 12.0. The number of carbonyl (C=O) groups excluding carboxylic acids is 2. The quantitative estimate of drug-likeness (QED) is 0.527. The summed E-state index contributed by atoms with van der Waals surface area (Å²) in [6.45, 7) is 0.366. The van der Waals surface area contributed by atoms with Gasteiger partial charge in [0.2, 0.25) is 5.95 Å². The maximum atomic E-state index is 11.7. The molecule has 0 radical (unpaired) electrons. The van der Waals surface area contributed by atoms with Gasteiger partial charge < -0.3 is 10.3 Å². The fourth-order valence-electron chi connectivity index (χ4n) is 2.16. The normalized spacial score (nSPS) is 10.5. The number of hydrogen-bond acceptors (Lipinski definition) is 4. The van der Waals surface area contributed by atoms with Gasteiger partial charge in [-0.05, 0) is 18.1 Å². The molecule has 4 N–H and O–H groups in total. The van der Waals surface area contributed by atoms with E-state index in [1.54, 1.807) is 0 Å². The van der Waals surface area contributed by atoms with Crippen LogP contribution in [-0.2, 0) is 16.0 Å². The lowest BCUT2D eigenvalue weighted by atomic mass is 10.1. The van der Waals surface area contributed by atoms with Crippen LogP contribution in [0.25, 0.3) is 10.9 Å². The Morgan fingerprint density at radius 3 is 2.86 bits per heavy atom. The monoisotopic (exact) mass is 298 g/mol. The molecule has 2 aromatic heterocycles. The van der Waals surface area contributed by atoms with Crippen molar-refractivity contribution in [2.45, 2.75) is 6.42 Å². The molecule has 0 saturated carbocycles. The molecule has 1 aromatic carbocycles. The van der Waals surface area contributed by atoms with Crippen LogP contribution in [0.1, 0.15) is 5.56 Å². The first-order valence-electron chi connectivity index (χ1n) is 6.73. The molecule has 3 aromatic rings. The Labute approximate surface area is 125 Å². The molecule has 0 aliphatic rings. The van der Waals surface area contributed by atoms with Crippen molar-refractivity contribution >= 4 is 28.7 Å². The van der Waals surface area contributed by atoms with Crippen molar-refractivity contribution in [3.8, 4) is 0 Å². The Morgan fingerprint density at radius 2 is 2.05 bits per heavy atom. The van der Waals surface area contributed by atoms with Gasteiger partial charge >= 0.3 is 11.8 Å². The van der Waals surface area contributed by atoms with E-state index >= 15 is 0 Å². The summed E-state index contributed by atoms with van der Waals surface area (Å²) in [5.41, 5.74) is 2.14. The first kappa shape index (κ1) is 13.8. The van der Waals surface area contributed by atoms with Gasteiger partial charge in [0.1, 0.15) is 6.33 Å². The number of hydrogen-bond donors (Lipinski definition) is 4. The number of H-pyrrole nitrogens is 2. The van der Waals surface area contributed by atoms with E-state index < -0.39 is 11.8 Å². The molecule has 8 nitrogen and oxygen atoms in total. The van der Waals surface area contributed by atoms with Crippen molar-refractivity contribution in [2.24, 2.45) is 0 Å². The number of nitrogens with zero attached hydrogens (tertiary/aromatic N) is 2. The molecule has 2 amide bonds. The molecule has 0 aliphatic carbocycles. The minimum atomic E-state index is -0.782. The molecule has 0 saturated heterocycles. The Bertz CT molecular complexity index is 793. The van der Waals surface area contributed by atoms with Crippen LogP contribution in [0.2, 0.25) is 0 Å². The number of benzene rings is 1. The first-order valence-corrected chi connectivity index (χ1v) is 6.73. The highest BCUT2D eigenvalue weighted by molar-refractivity contribution is 6.39. The zero-order valence-corrected chi connectivity index (χ0v) is 11.6. The highest BCUT2D eigenvalue weighted by atomic mass is 16.2. The van der Waals surface area contributed by atoms with Gasteiger partial charge in [0.25, 0.3) is 0 Å². The van der Waals surface area contributed by atoms with Crippen LogP contribution >= 0.6 is 0 Å². The number of rotatable bonds is 4. The summed E-state index contributed by atoms with van der Waals surface area (Å²) in [7, 11) is 0. The van der Waals surface area contributed by atoms with Gasteiger partial charge in [-0.1, -0.05) is 18.2 Å². The highest BCUT2D eigenvalue weighted by Gasteiger charge is 2.14. The number of fused-ring (bicyclic) bond motifs is 1. The van der Waals surface area contributed by atoms with Gasteiger partial charge in [0, 0.05) is 23.6 Å². The predicted octanol–water partition coefficient (Wildman–Crippen LogP) is 0.583. The van der Waals surface area contributed by atoms with Crippen molar-refractivity contribution in [3.05, 3.63) is 42.4 Å². The fraction of sp³-hybridized carbons (Fsp3) is 0.143. The molecular formula is C14H14N6O2. The van der Waals surface area contributed by atoms with Crippen LogP contribution in [0.5, 0.6) is 0 Å². The van der Waals surface area contributed by atoms with Crippen LogP contribution in [0.15, 0.2) is 36.8 Å². The third-order valence-corrected chi connectivity index (χ3v) is 3.21. The van der Waals surface area contributed by atoms with Gasteiger partial charge in [0.15, 0.2) is 0 Å². The number of amides is 2. The van der Waals surface area contributed by atoms with Gasteiger partial charge in [-0.2, -0.15) is 10.1 Å². The van der Waals surface area contributed by atoms with Crippen LogP contribution in [0.3, 0.4) is 0 Å². The molecule has 3 rings (SSSR count). The van der Waals surface area contributed by atoms with Crippen LogP contribution in [0.4, 0.5) is 5.95 Å². The molecule has 2 heterocycles. The van der Waals surface area contributed by atoms with E-state index in [1.807, 2.05) is 30.5 Å². The number of carbonyl (C=O) groups is 2. The minimum Gasteiger partial charge on any atom is -0.361 e. The number of aromatic nitrogens is 4. The van der Waals surface area contributed by atoms with Crippen LogP contribution < -0.4 is 10.6 Å². The molecule has 0 spiro atoms. The maximum Gasteiger partial charge on any atom is 0.316 e. The van der Waals surface area contributed by atoms with Crippen molar-refractivity contribution < 1.29 is 9.59 Å². The highest BCUT2D eigenvalue weighted by Crippen LogP contribution is 2.17. The fourth-order valence-corrected chi connectivity index (χ4v) is 2.16. The summed E-state index contributed by atoms with van der Waals surface area (Å²) in [6, 6.07) is 7.92. The topological polar surface area (TPSA) is 116 Å². The molecular weight excluding hydrogens is 284 g/mol. The average molecular weight is 298 g/mol. The number of anilines is 1. The Kier molecular flexibility index (Phi) is 3.82. The van der Waals surface area contributed by atoms with E-state index in [4.69, 9.17) is 0 Å².